The molecule has 0 N–H and O–H groups in total. The van der Waals surface area contributed by atoms with Crippen LogP contribution in [0.4, 0.5) is 17.6 Å². The molecule has 2 rings (SSSR count). The van der Waals surface area contributed by atoms with Gasteiger partial charge < -0.3 is 8.92 Å². The zero-order valence-corrected chi connectivity index (χ0v) is 15.2. The van der Waals surface area contributed by atoms with Crippen LogP contribution in [0.1, 0.15) is 12.5 Å². The molecule has 0 aromatic heterocycles. The molecule has 10 heteroatoms. The summed E-state index contributed by atoms with van der Waals surface area (Å²) in [6, 6.07) is 9.12. The van der Waals surface area contributed by atoms with Gasteiger partial charge in [-0.2, -0.15) is 21.6 Å². The van der Waals surface area contributed by atoms with Crippen molar-refractivity contribution in [2.45, 2.75) is 18.9 Å². The van der Waals surface area contributed by atoms with Gasteiger partial charge >= 0.3 is 21.6 Å². The third kappa shape index (κ3) is 5.32. The Morgan fingerprint density at radius 1 is 1.07 bits per heavy atom. The van der Waals surface area contributed by atoms with E-state index >= 15 is 0 Å². The first-order valence-corrected chi connectivity index (χ1v) is 9.05. The van der Waals surface area contributed by atoms with Gasteiger partial charge in [0, 0.05) is 0 Å². The van der Waals surface area contributed by atoms with Gasteiger partial charge in [0.1, 0.15) is 0 Å². The summed E-state index contributed by atoms with van der Waals surface area (Å²) >= 11 is 0. The molecule has 0 aliphatic heterocycles. The van der Waals surface area contributed by atoms with Gasteiger partial charge in [0.15, 0.2) is 11.6 Å². The Morgan fingerprint density at radius 2 is 1.64 bits per heavy atom. The van der Waals surface area contributed by atoms with E-state index < -0.39 is 33.2 Å². The van der Waals surface area contributed by atoms with Gasteiger partial charge in [-0.25, -0.2) is 4.39 Å². The fourth-order valence-corrected chi connectivity index (χ4v) is 2.59. The summed E-state index contributed by atoms with van der Waals surface area (Å²) in [6.45, 7) is 4.98. The highest BCUT2D eigenvalue weighted by molar-refractivity contribution is 7.88. The predicted molar refractivity (Wildman–Crippen MR) is 92.0 cm³/mol. The SMILES string of the molecule is C=C(C)OC(=O)Cc1ccc(-c2ccc(OS(=O)(=O)C(F)(F)F)c(F)c2)cc1. The molecule has 0 spiro atoms. The van der Waals surface area contributed by atoms with Gasteiger partial charge in [-0.05, 0) is 35.7 Å². The van der Waals surface area contributed by atoms with Gasteiger partial charge in [-0.1, -0.05) is 36.9 Å². The lowest BCUT2D eigenvalue weighted by atomic mass is 10.0. The second kappa shape index (κ2) is 8.01. The molecule has 0 saturated carbocycles. The van der Waals surface area contributed by atoms with Gasteiger partial charge in [0.2, 0.25) is 0 Å². The maximum absolute atomic E-state index is 14.0. The molecule has 0 aliphatic rings. The van der Waals surface area contributed by atoms with E-state index in [-0.39, 0.29) is 17.7 Å². The van der Waals surface area contributed by atoms with Gasteiger partial charge in [-0.15, -0.1) is 0 Å². The summed E-state index contributed by atoms with van der Waals surface area (Å²) in [7, 11) is -5.97. The van der Waals surface area contributed by atoms with E-state index in [0.717, 1.165) is 12.1 Å². The molecule has 0 saturated heterocycles. The molecular formula is C18H14F4O5S. The van der Waals surface area contributed by atoms with Crippen LogP contribution in [0.25, 0.3) is 11.1 Å². The first kappa shape index (κ1) is 21.4. The molecule has 0 aliphatic carbocycles. The lowest BCUT2D eigenvalue weighted by Gasteiger charge is -2.11. The molecule has 0 radical (unpaired) electrons. The average Bonchev–Trinajstić information content (AvgIpc) is 2.55. The number of benzene rings is 2. The summed E-state index contributed by atoms with van der Waals surface area (Å²) < 4.78 is 81.5. The first-order valence-electron chi connectivity index (χ1n) is 7.65. The quantitative estimate of drug-likeness (QED) is 0.230. The Hall–Kier alpha value is -2.88. The molecule has 28 heavy (non-hydrogen) atoms. The van der Waals surface area contributed by atoms with Crippen molar-refractivity contribution >= 4 is 16.1 Å². The van der Waals surface area contributed by atoms with E-state index in [1.807, 2.05) is 0 Å². The Kier molecular flexibility index (Phi) is 6.13. The van der Waals surface area contributed by atoms with Crippen molar-refractivity contribution in [1.82, 2.24) is 0 Å². The standard InChI is InChI=1S/C18H14F4O5S/c1-11(2)26-17(23)9-12-3-5-13(6-4-12)14-7-8-16(15(19)10-14)27-28(24,25)18(20,21)22/h3-8,10H,1,9H2,2H3. The second-order valence-corrected chi connectivity index (χ2v) is 7.22. The lowest BCUT2D eigenvalue weighted by molar-refractivity contribution is -0.138. The minimum atomic E-state index is -5.97. The number of hydrogen-bond acceptors (Lipinski definition) is 5. The van der Waals surface area contributed by atoms with Crippen molar-refractivity contribution in [2.75, 3.05) is 0 Å². The summed E-state index contributed by atoms with van der Waals surface area (Å²) in [5, 5.41) is 0. The zero-order chi connectivity index (χ0) is 21.1. The molecule has 0 atom stereocenters. The molecule has 0 unspecified atom stereocenters. The number of halogens is 4. The van der Waals surface area contributed by atoms with Gasteiger partial charge in [0.05, 0.1) is 12.2 Å². The summed E-state index contributed by atoms with van der Waals surface area (Å²) in [5.41, 5.74) is -4.29. The van der Waals surface area contributed by atoms with Crippen LogP contribution in [-0.4, -0.2) is 19.9 Å². The number of hydrogen-bond donors (Lipinski definition) is 0. The maximum Gasteiger partial charge on any atom is 0.534 e. The van der Waals surface area contributed by atoms with E-state index in [2.05, 4.69) is 10.8 Å². The van der Waals surface area contributed by atoms with Gasteiger partial charge in [-0.3, -0.25) is 4.79 Å². The van der Waals surface area contributed by atoms with Gasteiger partial charge in [0.25, 0.3) is 0 Å². The number of allylic oxidation sites excluding steroid dienone is 1. The second-order valence-electron chi connectivity index (χ2n) is 5.68. The topological polar surface area (TPSA) is 69.7 Å². The van der Waals surface area contributed by atoms with Crippen molar-refractivity contribution in [3.05, 3.63) is 66.2 Å². The minimum Gasteiger partial charge on any atom is -0.432 e. The Balaban J connectivity index is 2.18. The number of carbonyl (C=O) groups is 1. The van der Waals surface area contributed by atoms with Crippen molar-refractivity contribution in [3.63, 3.8) is 0 Å². The molecule has 2 aromatic rings. The molecule has 0 bridgehead atoms. The van der Waals surface area contributed by atoms with Crippen LogP contribution in [0.5, 0.6) is 5.75 Å². The average molecular weight is 418 g/mol. The summed E-state index contributed by atoms with van der Waals surface area (Å²) in [5.74, 6) is -2.59. The lowest BCUT2D eigenvalue weighted by Crippen LogP contribution is -2.28. The number of esters is 1. The molecule has 0 fully saturated rings. The minimum absolute atomic E-state index is 0.0103. The highest BCUT2D eigenvalue weighted by Crippen LogP contribution is 2.31. The molecule has 2 aromatic carbocycles. The van der Waals surface area contributed by atoms with Crippen LogP contribution >= 0.6 is 0 Å². The largest absolute Gasteiger partial charge is 0.534 e. The summed E-state index contributed by atoms with van der Waals surface area (Å²) in [6.07, 6.45) is -0.0103. The third-order valence-electron chi connectivity index (χ3n) is 3.34. The van der Waals surface area contributed by atoms with Crippen molar-refractivity contribution < 1.29 is 39.7 Å². The van der Waals surface area contributed by atoms with Crippen molar-refractivity contribution in [2.24, 2.45) is 0 Å². The zero-order valence-electron chi connectivity index (χ0n) is 14.4. The van der Waals surface area contributed by atoms with Crippen LogP contribution in [-0.2, 0) is 26.1 Å². The molecule has 5 nitrogen and oxygen atoms in total. The molecular weight excluding hydrogens is 404 g/mol. The predicted octanol–water partition coefficient (Wildman–Crippen LogP) is 4.34. The van der Waals surface area contributed by atoms with Crippen LogP contribution in [0.2, 0.25) is 0 Å². The maximum atomic E-state index is 14.0. The van der Waals surface area contributed by atoms with Crippen LogP contribution in [0.15, 0.2) is 54.8 Å². The monoisotopic (exact) mass is 418 g/mol. The fraction of sp³-hybridized carbons (Fsp3) is 0.167. The van der Waals surface area contributed by atoms with E-state index in [9.17, 15) is 30.8 Å². The van der Waals surface area contributed by atoms with Crippen LogP contribution in [0.3, 0.4) is 0 Å². The van der Waals surface area contributed by atoms with Crippen LogP contribution in [0, 0.1) is 5.82 Å². The Morgan fingerprint density at radius 3 is 2.14 bits per heavy atom. The Labute approximate surface area is 158 Å². The normalized spacial score (nSPS) is 11.8. The first-order chi connectivity index (χ1) is 12.9. The highest BCUT2D eigenvalue weighted by Gasteiger charge is 2.48. The van der Waals surface area contributed by atoms with E-state index in [1.165, 1.54) is 13.0 Å². The van der Waals surface area contributed by atoms with E-state index in [4.69, 9.17) is 4.74 Å². The third-order valence-corrected chi connectivity index (χ3v) is 4.30. The summed E-state index contributed by atoms with van der Waals surface area (Å²) in [4.78, 5) is 11.6. The van der Waals surface area contributed by atoms with Crippen molar-refractivity contribution in [3.8, 4) is 16.9 Å². The molecule has 0 heterocycles. The smallest absolute Gasteiger partial charge is 0.432 e. The number of carbonyl (C=O) groups excluding carboxylic acids is 1. The molecule has 150 valence electrons. The fourth-order valence-electron chi connectivity index (χ4n) is 2.13. The molecule has 0 amide bonds. The van der Waals surface area contributed by atoms with Crippen molar-refractivity contribution in [1.29, 1.82) is 0 Å². The number of rotatable bonds is 6. The highest BCUT2D eigenvalue weighted by atomic mass is 32.2. The van der Waals surface area contributed by atoms with Crippen LogP contribution < -0.4 is 4.18 Å². The number of ether oxygens (including phenoxy) is 1. The Bertz CT molecular complexity index is 996. The van der Waals surface area contributed by atoms with E-state index in [1.54, 1.807) is 24.3 Å². The number of alkyl halides is 3. The van der Waals surface area contributed by atoms with E-state index in [0.29, 0.717) is 11.1 Å².